The lowest BCUT2D eigenvalue weighted by Gasteiger charge is -2.20. The molecule has 0 unspecified atom stereocenters. The Morgan fingerprint density at radius 2 is 1.88 bits per heavy atom. The summed E-state index contributed by atoms with van der Waals surface area (Å²) in [5.41, 5.74) is -0.916. The number of hydrogen-bond donors (Lipinski definition) is 2. The summed E-state index contributed by atoms with van der Waals surface area (Å²) in [7, 11) is 0. The van der Waals surface area contributed by atoms with E-state index in [1.165, 1.54) is 26.0 Å². The van der Waals surface area contributed by atoms with Crippen molar-refractivity contribution in [1.82, 2.24) is 14.9 Å². The number of carboxylic acids is 1. The molecule has 0 atom stereocenters. The van der Waals surface area contributed by atoms with Gasteiger partial charge in [-0.25, -0.2) is 4.98 Å². The van der Waals surface area contributed by atoms with Gasteiger partial charge in [0.1, 0.15) is 6.54 Å². The van der Waals surface area contributed by atoms with Crippen LogP contribution in [0, 0.1) is 5.41 Å². The van der Waals surface area contributed by atoms with E-state index in [-0.39, 0.29) is 17.6 Å². The fraction of sp³-hybridized carbons (Fsp3) is 0.400. The monoisotopic (exact) mass is 343 g/mol. The van der Waals surface area contributed by atoms with Gasteiger partial charge < -0.3 is 15.0 Å². The number of fused-ring (bicyclic) bond motifs is 1. The van der Waals surface area contributed by atoms with Crippen LogP contribution < -0.4 is 5.32 Å². The minimum Gasteiger partial charge on any atom is -0.481 e. The molecule has 0 aliphatic rings. The lowest BCUT2D eigenvalue weighted by molar-refractivity contribution is -0.147. The van der Waals surface area contributed by atoms with Crippen LogP contribution in [0.25, 0.3) is 11.0 Å². The molecule has 130 valence electrons. The third-order valence-electron chi connectivity index (χ3n) is 3.52. The molecule has 1 heterocycles. The molecule has 24 heavy (non-hydrogen) atoms. The minimum atomic E-state index is -4.71. The molecule has 1 aromatic heterocycles. The number of para-hydroxylation sites is 2. The van der Waals surface area contributed by atoms with Gasteiger partial charge in [0, 0.05) is 6.54 Å². The van der Waals surface area contributed by atoms with E-state index in [9.17, 15) is 22.8 Å². The first-order chi connectivity index (χ1) is 11.0. The number of nitrogens with one attached hydrogen (secondary N) is 1. The number of rotatable bonds is 5. The van der Waals surface area contributed by atoms with Crippen LogP contribution >= 0.6 is 0 Å². The number of carbonyl (C=O) groups excluding carboxylic acids is 1. The Morgan fingerprint density at radius 3 is 2.46 bits per heavy atom. The molecule has 9 heteroatoms. The van der Waals surface area contributed by atoms with Crippen LogP contribution in [-0.2, 0) is 22.3 Å². The lowest BCUT2D eigenvalue weighted by atomic mass is 9.94. The zero-order chi connectivity index (χ0) is 18.1. The van der Waals surface area contributed by atoms with Crippen molar-refractivity contribution in [2.45, 2.75) is 26.6 Å². The fourth-order valence-corrected chi connectivity index (χ4v) is 2.05. The largest absolute Gasteiger partial charge is 0.481 e. The van der Waals surface area contributed by atoms with Crippen LogP contribution in [0.2, 0.25) is 0 Å². The first-order valence-electron chi connectivity index (χ1n) is 7.05. The van der Waals surface area contributed by atoms with Crippen molar-refractivity contribution >= 4 is 22.9 Å². The number of imidazole rings is 1. The second kappa shape index (κ2) is 6.14. The first-order valence-corrected chi connectivity index (χ1v) is 7.05. The number of carbonyl (C=O) groups is 2. The third-order valence-corrected chi connectivity index (χ3v) is 3.52. The molecule has 0 radical (unpaired) electrons. The highest BCUT2D eigenvalue weighted by atomic mass is 19.4. The second-order valence-corrected chi connectivity index (χ2v) is 5.97. The molecule has 0 fully saturated rings. The van der Waals surface area contributed by atoms with Crippen LogP contribution in [0.1, 0.15) is 19.7 Å². The Hall–Kier alpha value is -2.58. The number of nitrogens with zero attached hydrogens (tertiary/aromatic N) is 2. The van der Waals surface area contributed by atoms with Crippen molar-refractivity contribution in [3.05, 3.63) is 30.1 Å². The van der Waals surface area contributed by atoms with Gasteiger partial charge in [-0.2, -0.15) is 13.2 Å². The van der Waals surface area contributed by atoms with Crippen LogP contribution in [-0.4, -0.2) is 33.1 Å². The Bertz CT molecular complexity index is 781. The van der Waals surface area contributed by atoms with Crippen LogP contribution in [0.4, 0.5) is 13.2 Å². The van der Waals surface area contributed by atoms with Crippen molar-refractivity contribution in [2.24, 2.45) is 5.41 Å². The van der Waals surface area contributed by atoms with Gasteiger partial charge in [0.2, 0.25) is 11.7 Å². The normalized spacial score (nSPS) is 12.4. The molecular formula is C15H16F3N3O3. The lowest BCUT2D eigenvalue weighted by Crippen LogP contribution is -2.40. The van der Waals surface area contributed by atoms with Gasteiger partial charge >= 0.3 is 12.1 Å². The molecular weight excluding hydrogens is 327 g/mol. The summed E-state index contributed by atoms with van der Waals surface area (Å²) in [6.45, 7) is 2.01. The topological polar surface area (TPSA) is 84.2 Å². The van der Waals surface area contributed by atoms with Crippen LogP contribution in [0.15, 0.2) is 24.3 Å². The first kappa shape index (κ1) is 17.8. The number of halogens is 3. The SMILES string of the molecule is CC(C)(CNC(=O)Cn1c(C(F)(F)F)nc2ccccc21)C(=O)O. The fourth-order valence-electron chi connectivity index (χ4n) is 2.05. The molecule has 0 bridgehead atoms. The average Bonchev–Trinajstić information content (AvgIpc) is 2.84. The van der Waals surface area contributed by atoms with Gasteiger partial charge in [-0.3, -0.25) is 9.59 Å². The Morgan fingerprint density at radius 1 is 1.25 bits per heavy atom. The van der Waals surface area contributed by atoms with E-state index in [0.717, 1.165) is 4.57 Å². The smallest absolute Gasteiger partial charge is 0.449 e. The number of aromatic nitrogens is 2. The highest BCUT2D eigenvalue weighted by Gasteiger charge is 2.38. The quantitative estimate of drug-likeness (QED) is 0.872. The van der Waals surface area contributed by atoms with Crippen molar-refractivity contribution in [2.75, 3.05) is 6.54 Å². The molecule has 0 saturated heterocycles. The van der Waals surface area contributed by atoms with E-state index < -0.39 is 35.8 Å². The predicted molar refractivity (Wildman–Crippen MR) is 79.2 cm³/mol. The molecule has 2 rings (SSSR count). The number of amides is 1. The average molecular weight is 343 g/mol. The zero-order valence-electron chi connectivity index (χ0n) is 13.0. The van der Waals surface area contributed by atoms with E-state index >= 15 is 0 Å². The molecule has 0 aliphatic heterocycles. The Balaban J connectivity index is 2.26. The summed E-state index contributed by atoms with van der Waals surface area (Å²) in [6, 6.07) is 5.96. The van der Waals surface area contributed by atoms with Crippen LogP contribution in [0.3, 0.4) is 0 Å². The summed E-state index contributed by atoms with van der Waals surface area (Å²) in [4.78, 5) is 26.5. The maximum absolute atomic E-state index is 13.1. The molecule has 2 N–H and O–H groups in total. The van der Waals surface area contributed by atoms with E-state index in [4.69, 9.17) is 5.11 Å². The molecule has 2 aromatic rings. The van der Waals surface area contributed by atoms with Crippen molar-refractivity contribution < 1.29 is 27.9 Å². The number of aliphatic carboxylic acids is 1. The zero-order valence-corrected chi connectivity index (χ0v) is 13.0. The maximum Gasteiger partial charge on any atom is 0.449 e. The Kier molecular flexibility index (Phi) is 4.54. The molecule has 0 saturated carbocycles. The molecule has 6 nitrogen and oxygen atoms in total. The van der Waals surface area contributed by atoms with Gasteiger partial charge in [-0.05, 0) is 26.0 Å². The van der Waals surface area contributed by atoms with Crippen molar-refractivity contribution in [3.8, 4) is 0 Å². The summed E-state index contributed by atoms with van der Waals surface area (Å²) in [5.74, 6) is -3.01. The standard InChI is InChI=1S/C15H16F3N3O3/c1-14(2,13(23)24)8-19-11(22)7-21-10-6-4-3-5-9(10)20-12(21)15(16,17)18/h3-6H,7-8H2,1-2H3,(H,19,22)(H,23,24). The highest BCUT2D eigenvalue weighted by molar-refractivity contribution is 5.82. The summed E-state index contributed by atoms with van der Waals surface area (Å²) >= 11 is 0. The number of hydrogen-bond acceptors (Lipinski definition) is 3. The molecule has 1 aromatic carbocycles. The van der Waals surface area contributed by atoms with Crippen molar-refractivity contribution in [3.63, 3.8) is 0 Å². The molecule has 0 spiro atoms. The van der Waals surface area contributed by atoms with E-state index in [1.807, 2.05) is 0 Å². The van der Waals surface area contributed by atoms with Crippen molar-refractivity contribution in [1.29, 1.82) is 0 Å². The predicted octanol–water partition coefficient (Wildman–Crippen LogP) is 2.28. The van der Waals surface area contributed by atoms with Gasteiger partial charge in [0.05, 0.1) is 16.4 Å². The summed E-state index contributed by atoms with van der Waals surface area (Å²) < 4.78 is 40.2. The minimum absolute atomic E-state index is 0.128. The number of benzene rings is 1. The maximum atomic E-state index is 13.1. The second-order valence-electron chi connectivity index (χ2n) is 5.97. The number of alkyl halides is 3. The van der Waals surface area contributed by atoms with Crippen LogP contribution in [0.5, 0.6) is 0 Å². The van der Waals surface area contributed by atoms with Gasteiger partial charge in [-0.1, -0.05) is 12.1 Å². The number of carboxylic acid groups (broad SMARTS) is 1. The summed E-state index contributed by atoms with van der Waals surface area (Å²) in [6.07, 6.45) is -4.71. The van der Waals surface area contributed by atoms with E-state index in [1.54, 1.807) is 12.1 Å². The molecule has 0 aliphatic carbocycles. The highest BCUT2D eigenvalue weighted by Crippen LogP contribution is 2.31. The summed E-state index contributed by atoms with van der Waals surface area (Å²) in [5, 5.41) is 11.3. The Labute approximate surface area is 135 Å². The van der Waals surface area contributed by atoms with Gasteiger partial charge in [0.25, 0.3) is 0 Å². The van der Waals surface area contributed by atoms with Gasteiger partial charge in [-0.15, -0.1) is 0 Å². The third kappa shape index (κ3) is 3.66. The van der Waals surface area contributed by atoms with E-state index in [2.05, 4.69) is 10.3 Å². The van der Waals surface area contributed by atoms with E-state index in [0.29, 0.717) is 0 Å². The molecule has 1 amide bonds. The van der Waals surface area contributed by atoms with Gasteiger partial charge in [0.15, 0.2) is 0 Å².